The minimum absolute atomic E-state index is 0.00771. The molecule has 11 heteroatoms. The van der Waals surface area contributed by atoms with Crippen LogP contribution >= 0.6 is 0 Å². The van der Waals surface area contributed by atoms with Crippen LogP contribution in [0.1, 0.15) is 13.8 Å². The quantitative estimate of drug-likeness (QED) is 0.681. The number of piperazine rings is 1. The van der Waals surface area contributed by atoms with Crippen molar-refractivity contribution < 1.29 is 26.4 Å². The lowest BCUT2D eigenvalue weighted by Crippen LogP contribution is -2.51. The number of hydrogen-bond acceptors (Lipinski definition) is 6. The summed E-state index contributed by atoms with van der Waals surface area (Å²) in [4.78, 5) is 13.6. The number of carbonyl (C=O) groups excluding carboxylic acids is 1. The SMILES string of the molecule is CC(C)Oc1ccc(NS(=O)(=O)CC(=O)N2CCN(S(C)(=O)=O)CC2)cc1. The van der Waals surface area contributed by atoms with E-state index >= 15 is 0 Å². The van der Waals surface area contributed by atoms with Crippen LogP contribution < -0.4 is 9.46 Å². The van der Waals surface area contributed by atoms with E-state index in [2.05, 4.69) is 4.72 Å². The average molecular weight is 420 g/mol. The molecule has 1 aromatic carbocycles. The first-order chi connectivity index (χ1) is 12.5. The molecule has 0 saturated carbocycles. The van der Waals surface area contributed by atoms with E-state index in [0.29, 0.717) is 11.4 Å². The summed E-state index contributed by atoms with van der Waals surface area (Å²) in [6.45, 7) is 4.44. The van der Waals surface area contributed by atoms with Crippen molar-refractivity contribution in [3.63, 3.8) is 0 Å². The average Bonchev–Trinajstić information content (AvgIpc) is 2.55. The number of benzene rings is 1. The number of amides is 1. The van der Waals surface area contributed by atoms with E-state index in [-0.39, 0.29) is 32.3 Å². The summed E-state index contributed by atoms with van der Waals surface area (Å²) < 4.78 is 56.6. The first kappa shape index (κ1) is 21.5. The largest absolute Gasteiger partial charge is 0.491 e. The van der Waals surface area contributed by atoms with Crippen LogP contribution in [-0.4, -0.2) is 76.2 Å². The van der Waals surface area contributed by atoms with Crippen molar-refractivity contribution in [2.24, 2.45) is 0 Å². The third-order valence-corrected chi connectivity index (χ3v) is 6.35. The topological polar surface area (TPSA) is 113 Å². The van der Waals surface area contributed by atoms with Crippen molar-refractivity contribution in [2.45, 2.75) is 20.0 Å². The molecule has 2 rings (SSSR count). The number of carbonyl (C=O) groups is 1. The van der Waals surface area contributed by atoms with Crippen molar-refractivity contribution in [2.75, 3.05) is 42.9 Å². The molecule has 1 aliphatic rings. The highest BCUT2D eigenvalue weighted by atomic mass is 32.2. The molecule has 1 saturated heterocycles. The van der Waals surface area contributed by atoms with Crippen LogP contribution in [0, 0.1) is 0 Å². The number of anilines is 1. The van der Waals surface area contributed by atoms with E-state index in [1.54, 1.807) is 24.3 Å². The lowest BCUT2D eigenvalue weighted by molar-refractivity contribution is -0.129. The predicted molar refractivity (Wildman–Crippen MR) is 103 cm³/mol. The number of ether oxygens (including phenoxy) is 1. The van der Waals surface area contributed by atoms with Gasteiger partial charge in [0.25, 0.3) is 0 Å². The van der Waals surface area contributed by atoms with E-state index in [1.807, 2.05) is 13.8 Å². The molecule has 0 aromatic heterocycles. The molecule has 0 spiro atoms. The lowest BCUT2D eigenvalue weighted by Gasteiger charge is -2.33. The Balaban J connectivity index is 1.91. The predicted octanol–water partition coefficient (Wildman–Crippen LogP) is 0.319. The van der Waals surface area contributed by atoms with Crippen molar-refractivity contribution in [3.05, 3.63) is 24.3 Å². The van der Waals surface area contributed by atoms with Gasteiger partial charge in [-0.2, -0.15) is 4.31 Å². The molecule has 1 aliphatic heterocycles. The van der Waals surface area contributed by atoms with Gasteiger partial charge in [-0.1, -0.05) is 0 Å². The molecule has 0 unspecified atom stereocenters. The van der Waals surface area contributed by atoms with Gasteiger partial charge in [0.05, 0.1) is 12.4 Å². The number of nitrogens with zero attached hydrogens (tertiary/aromatic N) is 2. The summed E-state index contributed by atoms with van der Waals surface area (Å²) in [5, 5.41) is 0. The molecule has 0 radical (unpaired) electrons. The Morgan fingerprint density at radius 3 is 2.11 bits per heavy atom. The van der Waals surface area contributed by atoms with Gasteiger partial charge in [0, 0.05) is 31.9 Å². The van der Waals surface area contributed by atoms with Gasteiger partial charge in [-0.15, -0.1) is 0 Å². The van der Waals surface area contributed by atoms with Crippen LogP contribution in [0.15, 0.2) is 24.3 Å². The molecule has 1 fully saturated rings. The molecule has 152 valence electrons. The number of sulfonamides is 2. The smallest absolute Gasteiger partial charge is 0.241 e. The van der Waals surface area contributed by atoms with E-state index in [4.69, 9.17) is 4.74 Å². The Labute approximate surface area is 160 Å². The van der Waals surface area contributed by atoms with E-state index in [1.165, 1.54) is 9.21 Å². The highest BCUT2D eigenvalue weighted by Crippen LogP contribution is 2.18. The van der Waals surface area contributed by atoms with Gasteiger partial charge in [-0.25, -0.2) is 16.8 Å². The Morgan fingerprint density at radius 2 is 1.63 bits per heavy atom. The van der Waals surface area contributed by atoms with Crippen LogP contribution in [0.3, 0.4) is 0 Å². The summed E-state index contributed by atoms with van der Waals surface area (Å²) in [7, 11) is -7.18. The van der Waals surface area contributed by atoms with Gasteiger partial charge >= 0.3 is 0 Å². The summed E-state index contributed by atoms with van der Waals surface area (Å²) in [6, 6.07) is 6.41. The Hall–Kier alpha value is -1.85. The third-order valence-electron chi connectivity index (χ3n) is 3.87. The van der Waals surface area contributed by atoms with E-state index in [0.717, 1.165) is 6.26 Å². The molecule has 9 nitrogen and oxygen atoms in total. The first-order valence-corrected chi connectivity index (χ1v) is 12.0. The molecule has 1 N–H and O–H groups in total. The molecule has 1 amide bonds. The first-order valence-electron chi connectivity index (χ1n) is 8.46. The zero-order valence-electron chi connectivity index (χ0n) is 15.6. The second-order valence-corrected chi connectivity index (χ2v) is 10.3. The second kappa shape index (κ2) is 8.44. The summed E-state index contributed by atoms with van der Waals surface area (Å²) in [6.07, 6.45) is 1.12. The molecule has 0 bridgehead atoms. The molecular weight excluding hydrogens is 394 g/mol. The van der Waals surface area contributed by atoms with Gasteiger partial charge < -0.3 is 9.64 Å². The van der Waals surface area contributed by atoms with Crippen molar-refractivity contribution >= 4 is 31.6 Å². The maximum atomic E-state index is 12.3. The van der Waals surface area contributed by atoms with Crippen LogP contribution in [0.25, 0.3) is 0 Å². The zero-order valence-corrected chi connectivity index (χ0v) is 17.2. The van der Waals surface area contributed by atoms with E-state index in [9.17, 15) is 21.6 Å². The fourth-order valence-corrected chi connectivity index (χ4v) is 4.51. The van der Waals surface area contributed by atoms with Gasteiger partial charge in [0.15, 0.2) is 0 Å². The Kier molecular flexibility index (Phi) is 6.71. The fraction of sp³-hybridized carbons (Fsp3) is 0.562. The number of rotatable bonds is 7. The monoisotopic (exact) mass is 419 g/mol. The summed E-state index contributed by atoms with van der Waals surface area (Å²) in [5.41, 5.74) is 0.334. The highest BCUT2D eigenvalue weighted by Gasteiger charge is 2.28. The van der Waals surface area contributed by atoms with Crippen molar-refractivity contribution in [1.82, 2.24) is 9.21 Å². The van der Waals surface area contributed by atoms with Crippen molar-refractivity contribution in [1.29, 1.82) is 0 Å². The summed E-state index contributed by atoms with van der Waals surface area (Å²) >= 11 is 0. The maximum absolute atomic E-state index is 12.3. The van der Waals surface area contributed by atoms with Crippen LogP contribution in [0.4, 0.5) is 5.69 Å². The number of hydrogen-bond donors (Lipinski definition) is 1. The van der Waals surface area contributed by atoms with Crippen LogP contribution in [0.5, 0.6) is 5.75 Å². The standard InChI is InChI=1S/C16H25N3O6S2/c1-13(2)25-15-6-4-14(5-7-15)17-27(23,24)12-16(20)18-8-10-19(11-9-18)26(3,21)22/h4-7,13,17H,8-12H2,1-3H3. The molecule has 1 heterocycles. The minimum Gasteiger partial charge on any atom is -0.491 e. The van der Waals surface area contributed by atoms with Gasteiger partial charge in [-0.05, 0) is 38.1 Å². The Morgan fingerprint density at radius 1 is 1.07 bits per heavy atom. The Bertz CT molecular complexity index is 858. The molecule has 27 heavy (non-hydrogen) atoms. The van der Waals surface area contributed by atoms with Crippen LogP contribution in [0.2, 0.25) is 0 Å². The lowest BCUT2D eigenvalue weighted by atomic mass is 10.3. The zero-order chi connectivity index (χ0) is 20.2. The summed E-state index contributed by atoms with van der Waals surface area (Å²) in [5.74, 6) is -0.640. The molecule has 1 aromatic rings. The molecule has 0 atom stereocenters. The van der Waals surface area contributed by atoms with Crippen LogP contribution in [-0.2, 0) is 24.8 Å². The second-order valence-electron chi connectivity index (χ2n) is 6.59. The van der Waals surface area contributed by atoms with Gasteiger partial charge in [-0.3, -0.25) is 9.52 Å². The molecule has 0 aliphatic carbocycles. The maximum Gasteiger partial charge on any atom is 0.241 e. The molecular formula is C16H25N3O6S2. The van der Waals surface area contributed by atoms with Gasteiger partial charge in [0.2, 0.25) is 26.0 Å². The number of nitrogens with one attached hydrogen (secondary N) is 1. The highest BCUT2D eigenvalue weighted by molar-refractivity contribution is 7.93. The third kappa shape index (κ3) is 6.67. The minimum atomic E-state index is -3.87. The normalized spacial score (nSPS) is 16.4. The van der Waals surface area contributed by atoms with Gasteiger partial charge in [0.1, 0.15) is 11.5 Å². The van der Waals surface area contributed by atoms with E-state index < -0.39 is 31.7 Å². The fourth-order valence-electron chi connectivity index (χ4n) is 2.61. The van der Waals surface area contributed by atoms with Crippen molar-refractivity contribution in [3.8, 4) is 5.75 Å².